The maximum Gasteiger partial charge on any atom is 0.322 e. The van der Waals surface area contributed by atoms with Crippen LogP contribution in [0, 0.1) is 0 Å². The number of methoxy groups -OCH3 is 1. The van der Waals surface area contributed by atoms with E-state index in [2.05, 4.69) is 25.6 Å². The maximum atomic E-state index is 5.65. The highest BCUT2D eigenvalue weighted by molar-refractivity contribution is 5.43. The molecule has 2 N–H and O–H groups in total. The summed E-state index contributed by atoms with van der Waals surface area (Å²) in [5.74, 6) is 1.84. The van der Waals surface area contributed by atoms with Crippen molar-refractivity contribution in [2.45, 2.75) is 12.5 Å². The van der Waals surface area contributed by atoms with Crippen molar-refractivity contribution in [3.63, 3.8) is 0 Å². The predicted molar refractivity (Wildman–Crippen MR) is 78.8 cm³/mol. The van der Waals surface area contributed by atoms with E-state index in [4.69, 9.17) is 9.47 Å². The molecule has 1 aliphatic rings. The summed E-state index contributed by atoms with van der Waals surface area (Å²) in [7, 11) is 3.28. The van der Waals surface area contributed by atoms with Gasteiger partial charge in [-0.05, 0) is 6.07 Å². The van der Waals surface area contributed by atoms with E-state index in [1.165, 1.54) is 7.11 Å². The summed E-state index contributed by atoms with van der Waals surface area (Å²) in [6.45, 7) is 0.662. The van der Waals surface area contributed by atoms with E-state index in [1.807, 2.05) is 24.3 Å². The molecule has 0 saturated heterocycles. The van der Waals surface area contributed by atoms with Crippen LogP contribution in [0.5, 0.6) is 11.8 Å². The zero-order valence-corrected chi connectivity index (χ0v) is 12.0. The molecule has 2 heterocycles. The van der Waals surface area contributed by atoms with Gasteiger partial charge in [-0.3, -0.25) is 0 Å². The Labute approximate surface area is 122 Å². The zero-order chi connectivity index (χ0) is 14.7. The molecule has 1 aliphatic heterocycles. The van der Waals surface area contributed by atoms with Gasteiger partial charge in [-0.15, -0.1) is 0 Å². The molecule has 0 bridgehead atoms. The van der Waals surface area contributed by atoms with Crippen molar-refractivity contribution in [1.29, 1.82) is 0 Å². The zero-order valence-electron chi connectivity index (χ0n) is 12.0. The van der Waals surface area contributed by atoms with Gasteiger partial charge >= 0.3 is 6.01 Å². The minimum Gasteiger partial charge on any atom is -0.493 e. The second-order valence-electron chi connectivity index (χ2n) is 4.59. The van der Waals surface area contributed by atoms with Crippen molar-refractivity contribution in [1.82, 2.24) is 15.0 Å². The van der Waals surface area contributed by atoms with Gasteiger partial charge in [0.2, 0.25) is 11.9 Å². The number of nitrogens with one attached hydrogen (secondary N) is 2. The van der Waals surface area contributed by atoms with Gasteiger partial charge in [0.05, 0.1) is 19.8 Å². The molecule has 1 unspecified atom stereocenters. The number of ether oxygens (including phenoxy) is 2. The molecule has 1 aromatic carbocycles. The van der Waals surface area contributed by atoms with Crippen LogP contribution in [0.25, 0.3) is 0 Å². The molecule has 0 saturated carbocycles. The second-order valence-corrected chi connectivity index (χ2v) is 4.59. The van der Waals surface area contributed by atoms with E-state index in [-0.39, 0.29) is 12.1 Å². The van der Waals surface area contributed by atoms with E-state index < -0.39 is 0 Å². The van der Waals surface area contributed by atoms with Gasteiger partial charge in [-0.1, -0.05) is 18.2 Å². The average Bonchev–Trinajstić information content (AvgIpc) is 2.55. The third-order valence-electron chi connectivity index (χ3n) is 3.28. The van der Waals surface area contributed by atoms with Crippen LogP contribution in [0.2, 0.25) is 0 Å². The quantitative estimate of drug-likeness (QED) is 0.888. The monoisotopic (exact) mass is 287 g/mol. The van der Waals surface area contributed by atoms with Crippen LogP contribution >= 0.6 is 0 Å². The standard InChI is InChI=1S/C14H17N5O2/c1-15-12-17-13(19-14(18-12)20-2)16-10-7-8-21-11-6-4-3-5-9(10)11/h3-6,10H,7-8H2,1-2H3,(H2,15,16,17,18,19). The fraction of sp³-hybridized carbons (Fsp3) is 0.357. The summed E-state index contributed by atoms with van der Waals surface area (Å²) in [5.41, 5.74) is 1.11. The molecule has 1 atom stereocenters. The molecule has 7 heteroatoms. The molecule has 0 fully saturated rings. The first kappa shape index (κ1) is 13.4. The molecular formula is C14H17N5O2. The molecule has 7 nitrogen and oxygen atoms in total. The minimum atomic E-state index is 0.103. The molecule has 2 aromatic rings. The number of hydrogen-bond acceptors (Lipinski definition) is 7. The van der Waals surface area contributed by atoms with E-state index in [1.54, 1.807) is 7.05 Å². The lowest BCUT2D eigenvalue weighted by molar-refractivity contribution is 0.274. The number of rotatable bonds is 4. The molecule has 1 aromatic heterocycles. The normalized spacial score (nSPS) is 16.6. The van der Waals surface area contributed by atoms with Crippen molar-refractivity contribution < 1.29 is 9.47 Å². The van der Waals surface area contributed by atoms with Crippen LogP contribution in [0.4, 0.5) is 11.9 Å². The Bertz CT molecular complexity index is 612. The van der Waals surface area contributed by atoms with Crippen molar-refractivity contribution in [2.75, 3.05) is 31.4 Å². The summed E-state index contributed by atoms with van der Waals surface area (Å²) < 4.78 is 10.7. The fourth-order valence-electron chi connectivity index (χ4n) is 2.27. The lowest BCUT2D eigenvalue weighted by Crippen LogP contribution is -2.21. The summed E-state index contributed by atoms with van der Waals surface area (Å²) >= 11 is 0. The molecule has 21 heavy (non-hydrogen) atoms. The number of fused-ring (bicyclic) bond motifs is 1. The van der Waals surface area contributed by atoms with E-state index in [0.717, 1.165) is 17.7 Å². The summed E-state index contributed by atoms with van der Waals surface area (Å²) in [6, 6.07) is 8.35. The summed E-state index contributed by atoms with van der Waals surface area (Å²) in [5, 5.41) is 6.22. The van der Waals surface area contributed by atoms with Crippen LogP contribution in [0.3, 0.4) is 0 Å². The van der Waals surface area contributed by atoms with Gasteiger partial charge in [-0.2, -0.15) is 15.0 Å². The number of nitrogens with zero attached hydrogens (tertiary/aromatic N) is 3. The first-order valence-electron chi connectivity index (χ1n) is 6.76. The van der Waals surface area contributed by atoms with Crippen molar-refractivity contribution >= 4 is 11.9 Å². The Morgan fingerprint density at radius 3 is 2.81 bits per heavy atom. The highest BCUT2D eigenvalue weighted by atomic mass is 16.5. The molecule has 0 amide bonds. The first-order chi connectivity index (χ1) is 10.3. The third kappa shape index (κ3) is 2.81. The van der Waals surface area contributed by atoms with Crippen LogP contribution in [0.15, 0.2) is 24.3 Å². The molecule has 110 valence electrons. The van der Waals surface area contributed by atoms with E-state index >= 15 is 0 Å². The highest BCUT2D eigenvalue weighted by Gasteiger charge is 2.22. The number of aromatic nitrogens is 3. The molecule has 3 rings (SSSR count). The van der Waals surface area contributed by atoms with Gasteiger partial charge in [0, 0.05) is 19.0 Å². The second kappa shape index (κ2) is 5.82. The van der Waals surface area contributed by atoms with E-state index in [9.17, 15) is 0 Å². The summed E-state index contributed by atoms with van der Waals surface area (Å²) in [4.78, 5) is 12.6. The SMILES string of the molecule is CNc1nc(NC2CCOc3ccccc32)nc(OC)n1. The van der Waals surface area contributed by atoms with Crippen LogP contribution in [-0.2, 0) is 0 Å². The van der Waals surface area contributed by atoms with Gasteiger partial charge in [0.1, 0.15) is 5.75 Å². The Balaban J connectivity index is 1.87. The smallest absolute Gasteiger partial charge is 0.322 e. The Morgan fingerprint density at radius 2 is 2.00 bits per heavy atom. The van der Waals surface area contributed by atoms with Crippen LogP contribution in [0.1, 0.15) is 18.0 Å². The van der Waals surface area contributed by atoms with Crippen molar-refractivity contribution in [2.24, 2.45) is 0 Å². The first-order valence-corrected chi connectivity index (χ1v) is 6.76. The van der Waals surface area contributed by atoms with Crippen LogP contribution in [-0.4, -0.2) is 35.7 Å². The Kier molecular flexibility index (Phi) is 3.72. The number of para-hydroxylation sites is 1. The molecular weight excluding hydrogens is 270 g/mol. The topological polar surface area (TPSA) is 81.2 Å². The van der Waals surface area contributed by atoms with Crippen molar-refractivity contribution in [3.05, 3.63) is 29.8 Å². The summed E-state index contributed by atoms with van der Waals surface area (Å²) in [6.07, 6.45) is 0.847. The predicted octanol–water partition coefficient (Wildman–Crippen LogP) is 1.86. The van der Waals surface area contributed by atoms with Crippen molar-refractivity contribution in [3.8, 4) is 11.8 Å². The van der Waals surface area contributed by atoms with Gasteiger partial charge in [0.15, 0.2) is 0 Å². The third-order valence-corrected chi connectivity index (χ3v) is 3.28. The molecule has 0 radical (unpaired) electrons. The highest BCUT2D eigenvalue weighted by Crippen LogP contribution is 2.33. The Hall–Kier alpha value is -2.57. The number of benzene rings is 1. The lowest BCUT2D eigenvalue weighted by atomic mass is 10.0. The minimum absolute atomic E-state index is 0.103. The van der Waals surface area contributed by atoms with Gasteiger partial charge in [-0.25, -0.2) is 0 Å². The molecule has 0 aliphatic carbocycles. The lowest BCUT2D eigenvalue weighted by Gasteiger charge is -2.26. The fourth-order valence-corrected chi connectivity index (χ4v) is 2.27. The van der Waals surface area contributed by atoms with Gasteiger partial charge in [0.25, 0.3) is 0 Å². The number of hydrogen-bond donors (Lipinski definition) is 2. The number of anilines is 2. The van der Waals surface area contributed by atoms with Gasteiger partial charge < -0.3 is 20.1 Å². The Morgan fingerprint density at radius 1 is 1.19 bits per heavy atom. The average molecular weight is 287 g/mol. The largest absolute Gasteiger partial charge is 0.493 e. The maximum absolute atomic E-state index is 5.65. The molecule has 0 spiro atoms. The van der Waals surface area contributed by atoms with Crippen LogP contribution < -0.4 is 20.1 Å². The van der Waals surface area contributed by atoms with E-state index in [0.29, 0.717) is 18.5 Å².